The first kappa shape index (κ1) is 31.7. The first-order valence-electron chi connectivity index (χ1n) is 18.5. The molecule has 0 amide bonds. The second-order valence-electron chi connectivity index (χ2n) is 14.0. The summed E-state index contributed by atoms with van der Waals surface area (Å²) in [6, 6.07) is 58.3. The van der Waals surface area contributed by atoms with Crippen LogP contribution in [0.25, 0.3) is 78.4 Å². The maximum Gasteiger partial charge on any atom is 0.160 e. The molecule has 2 atom stereocenters. The van der Waals surface area contributed by atoms with Gasteiger partial charge in [-0.05, 0) is 86.5 Å². The maximum atomic E-state index is 5.26. The van der Waals surface area contributed by atoms with E-state index in [-0.39, 0.29) is 0 Å². The van der Waals surface area contributed by atoms with E-state index >= 15 is 0 Å². The molecule has 0 spiro atoms. The second kappa shape index (κ2) is 13.5. The number of benzene rings is 6. The van der Waals surface area contributed by atoms with Crippen LogP contribution in [-0.2, 0) is 0 Å². The van der Waals surface area contributed by atoms with Crippen LogP contribution in [0.15, 0.2) is 200 Å². The quantitative estimate of drug-likeness (QED) is 0.174. The summed E-state index contributed by atoms with van der Waals surface area (Å²) in [6.45, 7) is 0. The molecule has 3 heteroatoms. The van der Waals surface area contributed by atoms with Gasteiger partial charge in [-0.15, -0.1) is 0 Å². The summed E-state index contributed by atoms with van der Waals surface area (Å²) < 4.78 is 0. The molecule has 2 aromatic heterocycles. The Morgan fingerprint density at radius 2 is 0.889 bits per heavy atom. The lowest BCUT2D eigenvalue weighted by molar-refractivity contribution is 0.720. The Labute approximate surface area is 315 Å². The lowest BCUT2D eigenvalue weighted by atomic mass is 9.69. The van der Waals surface area contributed by atoms with Crippen LogP contribution in [-0.4, -0.2) is 15.0 Å². The van der Waals surface area contributed by atoms with Gasteiger partial charge in [0.1, 0.15) is 0 Å². The Bertz CT molecular complexity index is 2630. The molecule has 2 aliphatic rings. The van der Waals surface area contributed by atoms with Crippen molar-refractivity contribution in [2.75, 3.05) is 0 Å². The van der Waals surface area contributed by atoms with E-state index in [0.717, 1.165) is 50.3 Å². The molecule has 54 heavy (non-hydrogen) atoms. The van der Waals surface area contributed by atoms with E-state index in [9.17, 15) is 0 Å². The number of rotatable bonds is 6. The van der Waals surface area contributed by atoms with E-state index < -0.39 is 0 Å². The number of hydrogen-bond donors (Lipinski definition) is 0. The molecule has 0 bridgehead atoms. The van der Waals surface area contributed by atoms with Crippen molar-refractivity contribution in [1.29, 1.82) is 0 Å². The highest BCUT2D eigenvalue weighted by Crippen LogP contribution is 2.50. The number of pyridine rings is 1. The van der Waals surface area contributed by atoms with Crippen molar-refractivity contribution in [2.45, 2.75) is 11.8 Å². The molecule has 2 heterocycles. The SMILES string of the molecule is C1=CC2c3ccccc3-c3cc(-c4cccc(-c5nc(-c6cccc(-c7ccccc7)c6)cc(-c6cccc(-c7cccnc7)c6)n5)c4)ccc3C2C=C1. The van der Waals surface area contributed by atoms with Crippen LogP contribution in [0.2, 0.25) is 0 Å². The summed E-state index contributed by atoms with van der Waals surface area (Å²) in [7, 11) is 0. The summed E-state index contributed by atoms with van der Waals surface area (Å²) >= 11 is 0. The van der Waals surface area contributed by atoms with Gasteiger partial charge in [0.25, 0.3) is 0 Å². The molecule has 10 rings (SSSR count). The summed E-state index contributed by atoms with van der Waals surface area (Å²) in [5.74, 6) is 1.39. The van der Waals surface area contributed by atoms with Crippen molar-refractivity contribution < 1.29 is 0 Å². The Morgan fingerprint density at radius 1 is 0.352 bits per heavy atom. The summed E-state index contributed by atoms with van der Waals surface area (Å²) in [5.41, 5.74) is 17.0. The van der Waals surface area contributed by atoms with Crippen LogP contribution in [0.3, 0.4) is 0 Å². The van der Waals surface area contributed by atoms with Gasteiger partial charge in [0.05, 0.1) is 11.4 Å². The standard InChI is InChI=1S/C51H35N3/c1-2-12-34(13-3-1)35-14-8-17-39(28-35)49-32-50(40-18-9-16-37(29-40)42-20-11-27-52-33-42)54-51(53-49)41-19-10-15-36(30-41)38-25-26-47-45-23-5-4-21-43(45)44-22-6-7-24-46(44)48(47)31-38/h1-33,43,45H. The van der Waals surface area contributed by atoms with Gasteiger partial charge in [-0.2, -0.15) is 0 Å². The lowest BCUT2D eigenvalue weighted by Gasteiger charge is -2.34. The molecule has 0 saturated heterocycles. The third kappa shape index (κ3) is 5.86. The number of fused-ring (bicyclic) bond motifs is 6. The zero-order valence-corrected chi connectivity index (χ0v) is 29.5. The highest BCUT2D eigenvalue weighted by Gasteiger charge is 2.31. The molecule has 6 aromatic carbocycles. The molecule has 0 fully saturated rings. The van der Waals surface area contributed by atoms with Crippen molar-refractivity contribution in [3.8, 4) is 78.4 Å². The topological polar surface area (TPSA) is 38.7 Å². The molecule has 0 saturated carbocycles. The molecule has 2 aliphatic carbocycles. The molecule has 0 N–H and O–H groups in total. The number of aromatic nitrogens is 3. The minimum atomic E-state index is 0.340. The summed E-state index contributed by atoms with van der Waals surface area (Å²) in [6.07, 6.45) is 12.8. The highest BCUT2D eigenvalue weighted by atomic mass is 14.9. The lowest BCUT2D eigenvalue weighted by Crippen LogP contribution is -2.16. The van der Waals surface area contributed by atoms with Crippen molar-refractivity contribution in [3.05, 3.63) is 212 Å². The molecule has 3 nitrogen and oxygen atoms in total. The fourth-order valence-corrected chi connectivity index (χ4v) is 8.08. The monoisotopic (exact) mass is 689 g/mol. The first-order valence-corrected chi connectivity index (χ1v) is 18.5. The molecule has 254 valence electrons. The molecule has 2 unspecified atom stereocenters. The average Bonchev–Trinajstić information content (AvgIpc) is 3.27. The minimum absolute atomic E-state index is 0.340. The zero-order valence-electron chi connectivity index (χ0n) is 29.5. The van der Waals surface area contributed by atoms with Crippen LogP contribution in [0, 0.1) is 0 Å². The summed E-state index contributed by atoms with van der Waals surface area (Å²) in [4.78, 5) is 14.9. The smallest absolute Gasteiger partial charge is 0.160 e. The molecular formula is C51H35N3. The minimum Gasteiger partial charge on any atom is -0.264 e. The fourth-order valence-electron chi connectivity index (χ4n) is 8.08. The molecule has 0 aliphatic heterocycles. The van der Waals surface area contributed by atoms with Gasteiger partial charge in [-0.25, -0.2) is 9.97 Å². The van der Waals surface area contributed by atoms with E-state index in [1.54, 1.807) is 6.20 Å². The predicted octanol–water partition coefficient (Wildman–Crippen LogP) is 12.8. The Balaban J connectivity index is 1.09. The van der Waals surface area contributed by atoms with Crippen molar-refractivity contribution in [2.24, 2.45) is 0 Å². The van der Waals surface area contributed by atoms with Crippen molar-refractivity contribution in [3.63, 3.8) is 0 Å². The van der Waals surface area contributed by atoms with Crippen LogP contribution < -0.4 is 0 Å². The number of allylic oxidation sites excluding steroid dienone is 4. The Morgan fingerprint density at radius 3 is 1.59 bits per heavy atom. The van der Waals surface area contributed by atoms with E-state index in [0.29, 0.717) is 17.7 Å². The van der Waals surface area contributed by atoms with Crippen LogP contribution in [0.1, 0.15) is 23.0 Å². The maximum absolute atomic E-state index is 5.26. The number of nitrogens with zero attached hydrogens (tertiary/aromatic N) is 3. The fraction of sp³-hybridized carbons (Fsp3) is 0.0392. The number of hydrogen-bond acceptors (Lipinski definition) is 3. The largest absolute Gasteiger partial charge is 0.264 e. The third-order valence-corrected chi connectivity index (χ3v) is 10.8. The van der Waals surface area contributed by atoms with E-state index in [4.69, 9.17) is 9.97 Å². The van der Waals surface area contributed by atoms with Gasteiger partial charge >= 0.3 is 0 Å². The van der Waals surface area contributed by atoms with Gasteiger partial charge in [0.2, 0.25) is 0 Å². The van der Waals surface area contributed by atoms with Gasteiger partial charge in [-0.3, -0.25) is 4.98 Å². The van der Waals surface area contributed by atoms with E-state index in [1.165, 1.54) is 33.4 Å². The molecule has 8 aromatic rings. The van der Waals surface area contributed by atoms with Crippen LogP contribution >= 0.6 is 0 Å². The second-order valence-corrected chi connectivity index (χ2v) is 14.0. The van der Waals surface area contributed by atoms with Crippen molar-refractivity contribution >= 4 is 0 Å². The predicted molar refractivity (Wildman–Crippen MR) is 222 cm³/mol. The van der Waals surface area contributed by atoms with E-state index in [1.807, 2.05) is 18.3 Å². The van der Waals surface area contributed by atoms with E-state index in [2.05, 4.69) is 181 Å². The average molecular weight is 690 g/mol. The third-order valence-electron chi connectivity index (χ3n) is 10.8. The van der Waals surface area contributed by atoms with Gasteiger partial charge in [0, 0.05) is 46.5 Å². The Hall–Kier alpha value is -6.97. The van der Waals surface area contributed by atoms with Gasteiger partial charge < -0.3 is 0 Å². The molecular weight excluding hydrogens is 655 g/mol. The van der Waals surface area contributed by atoms with Crippen LogP contribution in [0.5, 0.6) is 0 Å². The first-order chi connectivity index (χ1) is 26.7. The van der Waals surface area contributed by atoms with Crippen LogP contribution in [0.4, 0.5) is 0 Å². The molecule has 0 radical (unpaired) electrons. The Kier molecular flexibility index (Phi) is 7.96. The normalized spacial score (nSPS) is 15.3. The van der Waals surface area contributed by atoms with Crippen molar-refractivity contribution in [1.82, 2.24) is 15.0 Å². The summed E-state index contributed by atoms with van der Waals surface area (Å²) in [5, 5.41) is 0. The zero-order chi connectivity index (χ0) is 35.8. The van der Waals surface area contributed by atoms with Gasteiger partial charge in [0.15, 0.2) is 5.82 Å². The highest BCUT2D eigenvalue weighted by molar-refractivity contribution is 5.83. The van der Waals surface area contributed by atoms with Gasteiger partial charge in [-0.1, -0.05) is 152 Å².